The van der Waals surface area contributed by atoms with E-state index in [1.165, 1.54) is 26.5 Å². The van der Waals surface area contributed by atoms with Crippen molar-refractivity contribution in [1.29, 1.82) is 0 Å². The first kappa shape index (κ1) is 15.6. The highest BCUT2D eigenvalue weighted by Crippen LogP contribution is 2.26. The maximum Gasteiger partial charge on any atom is 0.321 e. The Morgan fingerprint density at radius 1 is 1.08 bits per heavy atom. The molecule has 0 aliphatic carbocycles. The SMILES string of the molecule is COc1ccc2occ(C(=O)Nc3cc(OC)nc(OC)n3)c2c1. The van der Waals surface area contributed by atoms with Crippen LogP contribution in [0.1, 0.15) is 10.4 Å². The fourth-order valence-electron chi connectivity index (χ4n) is 2.16. The quantitative estimate of drug-likeness (QED) is 0.768. The van der Waals surface area contributed by atoms with Gasteiger partial charge in [-0.3, -0.25) is 4.79 Å². The van der Waals surface area contributed by atoms with E-state index in [4.69, 9.17) is 18.6 Å². The first-order valence-electron chi connectivity index (χ1n) is 6.98. The number of furan rings is 1. The van der Waals surface area contributed by atoms with Crippen LogP contribution in [0.2, 0.25) is 0 Å². The lowest BCUT2D eigenvalue weighted by Gasteiger charge is -2.07. The number of hydrogen-bond acceptors (Lipinski definition) is 7. The molecule has 2 heterocycles. The average Bonchev–Trinajstić information content (AvgIpc) is 3.04. The summed E-state index contributed by atoms with van der Waals surface area (Å²) < 4.78 is 20.6. The van der Waals surface area contributed by atoms with Crippen LogP contribution in [0.4, 0.5) is 5.82 Å². The summed E-state index contributed by atoms with van der Waals surface area (Å²) in [5.74, 6) is 0.768. The molecule has 0 saturated carbocycles. The van der Waals surface area contributed by atoms with Gasteiger partial charge in [-0.25, -0.2) is 0 Å². The Bertz CT molecular complexity index is 868. The Morgan fingerprint density at radius 3 is 2.62 bits per heavy atom. The van der Waals surface area contributed by atoms with Crippen LogP contribution < -0.4 is 19.5 Å². The molecule has 0 unspecified atom stereocenters. The molecule has 3 aromatic rings. The maximum atomic E-state index is 12.5. The summed E-state index contributed by atoms with van der Waals surface area (Å²) in [4.78, 5) is 20.6. The van der Waals surface area contributed by atoms with Gasteiger partial charge >= 0.3 is 6.01 Å². The molecule has 0 spiro atoms. The molecule has 0 bridgehead atoms. The van der Waals surface area contributed by atoms with Crippen LogP contribution in [0, 0.1) is 0 Å². The summed E-state index contributed by atoms with van der Waals surface area (Å²) in [6.45, 7) is 0. The minimum Gasteiger partial charge on any atom is -0.497 e. The molecule has 24 heavy (non-hydrogen) atoms. The Kier molecular flexibility index (Phi) is 4.19. The van der Waals surface area contributed by atoms with Crippen molar-refractivity contribution >= 4 is 22.7 Å². The van der Waals surface area contributed by atoms with Crippen molar-refractivity contribution in [3.63, 3.8) is 0 Å². The molecule has 0 fully saturated rings. The molecular formula is C16H15N3O5. The second-order valence-corrected chi connectivity index (χ2v) is 4.75. The van der Waals surface area contributed by atoms with Crippen LogP contribution >= 0.6 is 0 Å². The van der Waals surface area contributed by atoms with E-state index in [1.54, 1.807) is 25.3 Å². The van der Waals surface area contributed by atoms with E-state index >= 15 is 0 Å². The summed E-state index contributed by atoms with van der Waals surface area (Å²) in [6, 6.07) is 6.80. The summed E-state index contributed by atoms with van der Waals surface area (Å²) in [5, 5.41) is 3.31. The lowest BCUT2D eigenvalue weighted by molar-refractivity contribution is 0.102. The Hall–Kier alpha value is -3.29. The van der Waals surface area contributed by atoms with Gasteiger partial charge in [0, 0.05) is 11.5 Å². The van der Waals surface area contributed by atoms with Crippen molar-refractivity contribution in [2.75, 3.05) is 26.6 Å². The molecular weight excluding hydrogens is 314 g/mol. The van der Waals surface area contributed by atoms with E-state index in [1.807, 2.05) is 0 Å². The van der Waals surface area contributed by atoms with Gasteiger partial charge in [0.1, 0.15) is 23.4 Å². The zero-order valence-electron chi connectivity index (χ0n) is 13.3. The Morgan fingerprint density at radius 2 is 1.92 bits per heavy atom. The van der Waals surface area contributed by atoms with Crippen LogP contribution in [0.25, 0.3) is 11.0 Å². The maximum absolute atomic E-state index is 12.5. The largest absolute Gasteiger partial charge is 0.497 e. The number of anilines is 1. The lowest BCUT2D eigenvalue weighted by Crippen LogP contribution is -2.13. The number of benzene rings is 1. The van der Waals surface area contributed by atoms with Crippen molar-refractivity contribution in [1.82, 2.24) is 9.97 Å². The number of carbonyl (C=O) groups is 1. The van der Waals surface area contributed by atoms with E-state index in [0.29, 0.717) is 22.3 Å². The number of nitrogens with one attached hydrogen (secondary N) is 1. The first-order valence-corrected chi connectivity index (χ1v) is 6.98. The Balaban J connectivity index is 1.93. The number of hydrogen-bond donors (Lipinski definition) is 1. The topological polar surface area (TPSA) is 95.7 Å². The predicted molar refractivity (Wildman–Crippen MR) is 85.9 cm³/mol. The summed E-state index contributed by atoms with van der Waals surface area (Å²) in [6.07, 6.45) is 1.38. The highest BCUT2D eigenvalue weighted by Gasteiger charge is 2.16. The van der Waals surface area contributed by atoms with Gasteiger partial charge in [-0.1, -0.05) is 0 Å². The molecule has 1 amide bonds. The predicted octanol–water partition coefficient (Wildman–Crippen LogP) is 2.50. The third-order valence-corrected chi connectivity index (χ3v) is 3.34. The molecule has 124 valence electrons. The average molecular weight is 329 g/mol. The highest BCUT2D eigenvalue weighted by molar-refractivity contribution is 6.12. The number of ether oxygens (including phenoxy) is 3. The summed E-state index contributed by atoms with van der Waals surface area (Å²) in [5.41, 5.74) is 0.944. The van der Waals surface area contributed by atoms with Gasteiger partial charge in [-0.15, -0.1) is 0 Å². The van der Waals surface area contributed by atoms with Crippen molar-refractivity contribution < 1.29 is 23.4 Å². The zero-order valence-corrected chi connectivity index (χ0v) is 13.3. The van der Waals surface area contributed by atoms with Crippen molar-refractivity contribution in [2.24, 2.45) is 0 Å². The van der Waals surface area contributed by atoms with Gasteiger partial charge < -0.3 is 23.9 Å². The van der Waals surface area contributed by atoms with Gasteiger partial charge in [-0.05, 0) is 18.2 Å². The van der Waals surface area contributed by atoms with E-state index in [-0.39, 0.29) is 23.6 Å². The summed E-state index contributed by atoms with van der Waals surface area (Å²) >= 11 is 0. The molecule has 0 aliphatic rings. The van der Waals surface area contributed by atoms with Gasteiger partial charge in [0.25, 0.3) is 5.91 Å². The Labute approximate surface area is 137 Å². The van der Waals surface area contributed by atoms with Crippen LogP contribution in [-0.2, 0) is 0 Å². The van der Waals surface area contributed by atoms with Gasteiger partial charge in [-0.2, -0.15) is 9.97 Å². The van der Waals surface area contributed by atoms with Crippen LogP contribution in [0.3, 0.4) is 0 Å². The molecule has 8 heteroatoms. The zero-order chi connectivity index (χ0) is 17.1. The fraction of sp³-hybridized carbons (Fsp3) is 0.188. The van der Waals surface area contributed by atoms with E-state index in [9.17, 15) is 4.79 Å². The number of nitrogens with zero attached hydrogens (tertiary/aromatic N) is 2. The molecule has 1 aromatic carbocycles. The smallest absolute Gasteiger partial charge is 0.321 e. The van der Waals surface area contributed by atoms with E-state index in [2.05, 4.69) is 15.3 Å². The number of rotatable bonds is 5. The molecule has 1 N–H and O–H groups in total. The van der Waals surface area contributed by atoms with Crippen molar-refractivity contribution in [3.05, 3.63) is 36.1 Å². The molecule has 0 saturated heterocycles. The van der Waals surface area contributed by atoms with Crippen LogP contribution in [0.15, 0.2) is 34.9 Å². The first-order chi connectivity index (χ1) is 11.6. The van der Waals surface area contributed by atoms with E-state index in [0.717, 1.165) is 0 Å². The molecule has 0 aliphatic heterocycles. The van der Waals surface area contributed by atoms with Crippen molar-refractivity contribution in [2.45, 2.75) is 0 Å². The fourth-order valence-corrected chi connectivity index (χ4v) is 2.16. The van der Waals surface area contributed by atoms with Gasteiger partial charge in [0.15, 0.2) is 0 Å². The molecule has 8 nitrogen and oxygen atoms in total. The number of amides is 1. The lowest BCUT2D eigenvalue weighted by atomic mass is 10.1. The third kappa shape index (κ3) is 2.94. The summed E-state index contributed by atoms with van der Waals surface area (Å²) in [7, 11) is 4.44. The molecule has 2 aromatic heterocycles. The van der Waals surface area contributed by atoms with Crippen LogP contribution in [0.5, 0.6) is 17.6 Å². The second kappa shape index (κ2) is 6.45. The van der Waals surface area contributed by atoms with Gasteiger partial charge in [0.2, 0.25) is 5.88 Å². The highest BCUT2D eigenvalue weighted by atomic mass is 16.5. The molecule has 0 radical (unpaired) electrons. The second-order valence-electron chi connectivity index (χ2n) is 4.75. The van der Waals surface area contributed by atoms with Gasteiger partial charge in [0.05, 0.1) is 26.9 Å². The minimum atomic E-state index is -0.384. The normalized spacial score (nSPS) is 10.5. The number of methoxy groups -OCH3 is 3. The van der Waals surface area contributed by atoms with Crippen molar-refractivity contribution in [3.8, 4) is 17.6 Å². The number of fused-ring (bicyclic) bond motifs is 1. The minimum absolute atomic E-state index is 0.0865. The monoisotopic (exact) mass is 329 g/mol. The number of carbonyl (C=O) groups excluding carboxylic acids is 1. The molecule has 0 atom stereocenters. The van der Waals surface area contributed by atoms with Crippen LogP contribution in [-0.4, -0.2) is 37.2 Å². The molecule has 3 rings (SSSR count). The third-order valence-electron chi connectivity index (χ3n) is 3.34. The number of aromatic nitrogens is 2. The van der Waals surface area contributed by atoms with E-state index < -0.39 is 0 Å². The standard InChI is InChI=1S/C16H15N3O5/c1-21-9-4-5-12-10(6-9)11(8-24-12)15(20)17-13-7-14(22-2)19-16(18-13)23-3/h4-8H,1-3H3,(H,17,18,19,20).